The van der Waals surface area contributed by atoms with Crippen molar-refractivity contribution >= 4 is 11.8 Å². The minimum atomic E-state index is -0.230. The maximum Gasteiger partial charge on any atom is 0.223 e. The van der Waals surface area contributed by atoms with E-state index < -0.39 is 0 Å². The average molecular weight is 354 g/mol. The molecule has 0 unspecified atom stereocenters. The highest BCUT2D eigenvalue weighted by Gasteiger charge is 2.07. The number of hydrogen-bond donors (Lipinski definition) is 0. The molecular weight excluding hydrogens is 335 g/mol. The van der Waals surface area contributed by atoms with Crippen molar-refractivity contribution in [2.45, 2.75) is 31.2 Å². The molecule has 25 heavy (non-hydrogen) atoms. The number of benzene rings is 2. The fourth-order valence-corrected chi connectivity index (χ4v) is 3.03. The maximum atomic E-state index is 13.0. The van der Waals surface area contributed by atoms with Crippen molar-refractivity contribution in [2.75, 3.05) is 0 Å². The van der Waals surface area contributed by atoms with Gasteiger partial charge >= 0.3 is 0 Å². The summed E-state index contributed by atoms with van der Waals surface area (Å²) in [6.07, 6.45) is 0.802. The van der Waals surface area contributed by atoms with Gasteiger partial charge in [-0.2, -0.15) is 4.98 Å². The number of rotatable bonds is 6. The first-order chi connectivity index (χ1) is 12.1. The molecule has 0 bridgehead atoms. The van der Waals surface area contributed by atoms with Crippen molar-refractivity contribution in [3.63, 3.8) is 0 Å². The first-order valence-corrected chi connectivity index (χ1v) is 9.10. The number of nitrogens with zero attached hydrogens (tertiary/aromatic N) is 2. The van der Waals surface area contributed by atoms with Crippen molar-refractivity contribution in [1.29, 1.82) is 0 Å². The standard InChI is InChI=1S/C20H19FN2OS/c1-3-17-12-19(24-18-10-4-14(2)5-11-18)23-20(22-17)25-13-15-6-8-16(21)9-7-15/h4-12H,3,13H2,1-2H3. The third-order valence-electron chi connectivity index (χ3n) is 3.62. The van der Waals surface area contributed by atoms with Crippen LogP contribution in [-0.4, -0.2) is 9.97 Å². The molecule has 0 amide bonds. The topological polar surface area (TPSA) is 35.0 Å². The van der Waals surface area contributed by atoms with Gasteiger partial charge in [0.2, 0.25) is 5.88 Å². The van der Waals surface area contributed by atoms with Gasteiger partial charge in [-0.3, -0.25) is 0 Å². The number of thioether (sulfide) groups is 1. The molecule has 0 aliphatic rings. The van der Waals surface area contributed by atoms with Gasteiger partial charge in [-0.15, -0.1) is 0 Å². The molecule has 0 atom stereocenters. The summed E-state index contributed by atoms with van der Waals surface area (Å²) < 4.78 is 18.9. The summed E-state index contributed by atoms with van der Waals surface area (Å²) in [5, 5.41) is 0.658. The highest BCUT2D eigenvalue weighted by Crippen LogP contribution is 2.25. The van der Waals surface area contributed by atoms with Gasteiger partial charge in [0.15, 0.2) is 5.16 Å². The lowest BCUT2D eigenvalue weighted by Crippen LogP contribution is -1.97. The minimum Gasteiger partial charge on any atom is -0.439 e. The van der Waals surface area contributed by atoms with E-state index in [1.165, 1.54) is 29.5 Å². The summed E-state index contributed by atoms with van der Waals surface area (Å²) in [7, 11) is 0. The lowest BCUT2D eigenvalue weighted by molar-refractivity contribution is 0.454. The van der Waals surface area contributed by atoms with Crippen LogP contribution in [0.25, 0.3) is 0 Å². The first kappa shape index (κ1) is 17.4. The van der Waals surface area contributed by atoms with Crippen molar-refractivity contribution < 1.29 is 9.13 Å². The summed E-state index contributed by atoms with van der Waals surface area (Å²) >= 11 is 1.51. The Morgan fingerprint density at radius 1 is 1.00 bits per heavy atom. The molecule has 0 radical (unpaired) electrons. The lowest BCUT2D eigenvalue weighted by Gasteiger charge is -2.09. The molecule has 0 aliphatic carbocycles. The van der Waals surface area contributed by atoms with Gasteiger partial charge in [-0.25, -0.2) is 9.37 Å². The Kier molecular flexibility index (Phi) is 5.66. The van der Waals surface area contributed by atoms with Crippen LogP contribution in [0.2, 0.25) is 0 Å². The molecule has 2 aromatic carbocycles. The van der Waals surface area contributed by atoms with Crippen molar-refractivity contribution in [2.24, 2.45) is 0 Å². The Labute approximate surface area is 151 Å². The number of halogens is 1. The lowest BCUT2D eigenvalue weighted by atomic mass is 10.2. The third kappa shape index (κ3) is 5.03. The van der Waals surface area contributed by atoms with E-state index in [0.29, 0.717) is 16.8 Å². The Bertz CT molecular complexity index is 835. The summed E-state index contributed by atoms with van der Waals surface area (Å²) in [5.41, 5.74) is 3.14. The number of ether oxygens (including phenoxy) is 1. The van der Waals surface area contributed by atoms with Crippen LogP contribution in [0.1, 0.15) is 23.7 Å². The zero-order chi connectivity index (χ0) is 17.6. The largest absolute Gasteiger partial charge is 0.439 e. The summed E-state index contributed by atoms with van der Waals surface area (Å²) in [4.78, 5) is 9.03. The summed E-state index contributed by atoms with van der Waals surface area (Å²) in [5.74, 6) is 1.74. The van der Waals surface area contributed by atoms with Crippen LogP contribution in [0.3, 0.4) is 0 Å². The zero-order valence-electron chi connectivity index (χ0n) is 14.2. The Morgan fingerprint density at radius 3 is 2.40 bits per heavy atom. The van der Waals surface area contributed by atoms with Gasteiger partial charge < -0.3 is 4.74 Å². The number of hydrogen-bond acceptors (Lipinski definition) is 4. The molecule has 3 nitrogen and oxygen atoms in total. The van der Waals surface area contributed by atoms with E-state index in [1.807, 2.05) is 44.2 Å². The number of aromatic nitrogens is 2. The highest BCUT2D eigenvalue weighted by atomic mass is 32.2. The Morgan fingerprint density at radius 2 is 1.72 bits per heavy atom. The van der Waals surface area contributed by atoms with E-state index in [9.17, 15) is 4.39 Å². The van der Waals surface area contributed by atoms with Gasteiger partial charge in [0.05, 0.1) is 0 Å². The van der Waals surface area contributed by atoms with Gasteiger partial charge in [0.1, 0.15) is 11.6 Å². The summed E-state index contributed by atoms with van der Waals surface area (Å²) in [6, 6.07) is 16.2. The highest BCUT2D eigenvalue weighted by molar-refractivity contribution is 7.98. The second-order valence-electron chi connectivity index (χ2n) is 5.66. The quantitative estimate of drug-likeness (QED) is 0.428. The van der Waals surface area contributed by atoms with E-state index in [2.05, 4.69) is 9.97 Å². The molecule has 0 aliphatic heterocycles. The third-order valence-corrected chi connectivity index (χ3v) is 4.54. The van der Waals surface area contributed by atoms with Gasteiger partial charge in [0, 0.05) is 17.5 Å². The second kappa shape index (κ2) is 8.12. The minimum absolute atomic E-state index is 0.230. The molecular formula is C20H19FN2OS. The van der Waals surface area contributed by atoms with Gasteiger partial charge in [-0.05, 0) is 43.2 Å². The molecule has 0 saturated carbocycles. The normalized spacial score (nSPS) is 10.7. The predicted molar refractivity (Wildman–Crippen MR) is 98.6 cm³/mol. The molecule has 3 aromatic rings. The van der Waals surface area contributed by atoms with Crippen LogP contribution < -0.4 is 4.74 Å². The molecule has 0 N–H and O–H groups in total. The molecule has 1 aromatic heterocycles. The maximum absolute atomic E-state index is 13.0. The molecule has 0 spiro atoms. The van der Waals surface area contributed by atoms with Crippen LogP contribution in [0.5, 0.6) is 11.6 Å². The molecule has 3 rings (SSSR count). The fourth-order valence-electron chi connectivity index (χ4n) is 2.20. The molecule has 1 heterocycles. The fraction of sp³-hybridized carbons (Fsp3) is 0.200. The monoisotopic (exact) mass is 354 g/mol. The second-order valence-corrected chi connectivity index (χ2v) is 6.61. The molecule has 0 fully saturated rings. The molecule has 5 heteroatoms. The summed E-state index contributed by atoms with van der Waals surface area (Å²) in [6.45, 7) is 4.08. The van der Waals surface area contributed by atoms with Crippen LogP contribution in [-0.2, 0) is 12.2 Å². The van der Waals surface area contributed by atoms with E-state index in [-0.39, 0.29) is 5.82 Å². The van der Waals surface area contributed by atoms with Crippen LogP contribution in [0.15, 0.2) is 59.8 Å². The van der Waals surface area contributed by atoms with Gasteiger partial charge in [-0.1, -0.05) is 48.5 Å². The van der Waals surface area contributed by atoms with Crippen LogP contribution in [0.4, 0.5) is 4.39 Å². The van der Waals surface area contributed by atoms with E-state index in [0.717, 1.165) is 23.4 Å². The number of aryl methyl sites for hydroxylation is 2. The Hall–Kier alpha value is -2.40. The first-order valence-electron chi connectivity index (χ1n) is 8.12. The molecule has 0 saturated heterocycles. The van der Waals surface area contributed by atoms with Crippen molar-refractivity contribution in [3.8, 4) is 11.6 Å². The SMILES string of the molecule is CCc1cc(Oc2ccc(C)cc2)nc(SCc2ccc(F)cc2)n1. The van der Waals surface area contributed by atoms with Crippen LogP contribution >= 0.6 is 11.8 Å². The van der Waals surface area contributed by atoms with E-state index in [4.69, 9.17) is 4.74 Å². The predicted octanol–water partition coefficient (Wildman–Crippen LogP) is 5.57. The van der Waals surface area contributed by atoms with Crippen LogP contribution in [0, 0.1) is 12.7 Å². The van der Waals surface area contributed by atoms with E-state index in [1.54, 1.807) is 12.1 Å². The average Bonchev–Trinajstić information content (AvgIpc) is 2.63. The zero-order valence-corrected chi connectivity index (χ0v) is 15.0. The van der Waals surface area contributed by atoms with Gasteiger partial charge in [0.25, 0.3) is 0 Å². The molecule has 128 valence electrons. The van der Waals surface area contributed by atoms with E-state index >= 15 is 0 Å². The van der Waals surface area contributed by atoms with Crippen molar-refractivity contribution in [3.05, 3.63) is 77.2 Å². The smallest absolute Gasteiger partial charge is 0.223 e. The Balaban J connectivity index is 1.74. The van der Waals surface area contributed by atoms with Crippen molar-refractivity contribution in [1.82, 2.24) is 9.97 Å².